The fourth-order valence-corrected chi connectivity index (χ4v) is 3.09. The largest absolute Gasteiger partial charge is 0.481 e. The van der Waals surface area contributed by atoms with Crippen LogP contribution >= 0.6 is 0 Å². The normalized spacial score (nSPS) is 14.3. The van der Waals surface area contributed by atoms with Gasteiger partial charge in [-0.05, 0) is 44.6 Å². The smallest absolute Gasteiger partial charge is 0.326 e. The van der Waals surface area contributed by atoms with E-state index in [2.05, 4.69) is 16.0 Å². The first kappa shape index (κ1) is 31.7. The molecule has 0 spiro atoms. The second kappa shape index (κ2) is 16.4. The van der Waals surface area contributed by atoms with Crippen molar-refractivity contribution in [2.75, 3.05) is 6.54 Å². The molecular formula is C21H38N6O8. The molecule has 0 aliphatic rings. The molecule has 4 unspecified atom stereocenters. The van der Waals surface area contributed by atoms with Gasteiger partial charge in [0, 0.05) is 6.42 Å². The quantitative estimate of drug-likeness (QED) is 0.0935. The summed E-state index contributed by atoms with van der Waals surface area (Å²) in [6.45, 7) is 3.91. The number of hydrogen-bond donors (Lipinski definition) is 8. The van der Waals surface area contributed by atoms with Crippen molar-refractivity contribution in [3.8, 4) is 0 Å². The van der Waals surface area contributed by atoms with Gasteiger partial charge in [-0.2, -0.15) is 0 Å². The summed E-state index contributed by atoms with van der Waals surface area (Å²) in [7, 11) is 0. The third-order valence-corrected chi connectivity index (χ3v) is 4.95. The third-order valence-electron chi connectivity index (χ3n) is 4.95. The lowest BCUT2D eigenvalue weighted by molar-refractivity contribution is -0.147. The number of unbranched alkanes of at least 4 members (excludes halogenated alkanes) is 1. The van der Waals surface area contributed by atoms with Gasteiger partial charge in [0.05, 0.1) is 12.5 Å². The molecule has 0 rings (SSSR count). The first-order valence-electron chi connectivity index (χ1n) is 11.4. The molecule has 4 amide bonds. The van der Waals surface area contributed by atoms with Gasteiger partial charge in [-0.25, -0.2) is 4.79 Å². The lowest BCUT2D eigenvalue weighted by Gasteiger charge is -2.26. The van der Waals surface area contributed by atoms with Gasteiger partial charge < -0.3 is 43.4 Å². The Balaban J connectivity index is 5.51. The Bertz CT molecular complexity index is 760. The highest BCUT2D eigenvalue weighted by atomic mass is 16.4. The number of rotatable bonds is 18. The number of carbonyl (C=O) groups excluding carboxylic acids is 4. The van der Waals surface area contributed by atoms with E-state index in [0.717, 1.165) is 0 Å². The van der Waals surface area contributed by atoms with Crippen LogP contribution < -0.4 is 33.2 Å². The third kappa shape index (κ3) is 13.9. The van der Waals surface area contributed by atoms with E-state index < -0.39 is 66.2 Å². The number of carbonyl (C=O) groups is 6. The molecule has 0 aromatic carbocycles. The molecule has 0 fully saturated rings. The van der Waals surface area contributed by atoms with E-state index in [1.165, 1.54) is 0 Å². The first-order chi connectivity index (χ1) is 16.3. The van der Waals surface area contributed by atoms with E-state index in [1.54, 1.807) is 13.8 Å². The van der Waals surface area contributed by atoms with Crippen molar-refractivity contribution >= 4 is 35.6 Å². The van der Waals surface area contributed by atoms with Crippen LogP contribution in [0.15, 0.2) is 0 Å². The molecule has 0 saturated heterocycles. The standard InChI is InChI=1S/C21H38N6O8/c1-11(2)9-14(20(33)27-15(21(34)35)10-17(29)30)26-19(32)13(5-3-4-8-22)25-18(31)12(23)6-7-16(24)28/h11-15H,3-10,22-23H2,1-2H3,(H2,24,28)(H,25,31)(H,26,32)(H,27,33)(H,29,30)(H,34,35). The SMILES string of the molecule is CC(C)CC(NC(=O)C(CCCCN)NC(=O)C(N)CCC(N)=O)C(=O)NC(CC(=O)O)C(=O)O. The molecule has 14 heteroatoms. The predicted molar refractivity (Wildman–Crippen MR) is 124 cm³/mol. The molecule has 0 aliphatic heterocycles. The van der Waals surface area contributed by atoms with Crippen LogP contribution in [-0.4, -0.2) is 76.5 Å². The van der Waals surface area contributed by atoms with E-state index in [-0.39, 0.29) is 31.6 Å². The second-order valence-electron chi connectivity index (χ2n) is 8.65. The maximum absolute atomic E-state index is 13.0. The summed E-state index contributed by atoms with van der Waals surface area (Å²) in [6, 6.07) is -5.04. The van der Waals surface area contributed by atoms with Crippen molar-refractivity contribution in [3.63, 3.8) is 0 Å². The molecule has 0 aromatic heterocycles. The zero-order valence-corrected chi connectivity index (χ0v) is 20.1. The molecule has 35 heavy (non-hydrogen) atoms. The molecule has 14 nitrogen and oxygen atoms in total. The summed E-state index contributed by atoms with van der Waals surface area (Å²) < 4.78 is 0. The zero-order chi connectivity index (χ0) is 27.1. The summed E-state index contributed by atoms with van der Waals surface area (Å²) in [5.41, 5.74) is 16.3. The van der Waals surface area contributed by atoms with Gasteiger partial charge in [-0.1, -0.05) is 13.8 Å². The fourth-order valence-electron chi connectivity index (χ4n) is 3.09. The number of aliphatic carboxylic acids is 2. The fraction of sp³-hybridized carbons (Fsp3) is 0.714. The number of primary amides is 1. The van der Waals surface area contributed by atoms with E-state index in [9.17, 15) is 33.9 Å². The molecule has 4 atom stereocenters. The summed E-state index contributed by atoms with van der Waals surface area (Å²) in [5, 5.41) is 25.2. The Morgan fingerprint density at radius 3 is 1.83 bits per heavy atom. The molecule has 0 bridgehead atoms. The van der Waals surface area contributed by atoms with E-state index >= 15 is 0 Å². The Kier molecular flexibility index (Phi) is 14.9. The summed E-state index contributed by atoms with van der Waals surface area (Å²) >= 11 is 0. The van der Waals surface area contributed by atoms with Crippen LogP contribution in [0.5, 0.6) is 0 Å². The maximum atomic E-state index is 13.0. The van der Waals surface area contributed by atoms with Gasteiger partial charge in [-0.15, -0.1) is 0 Å². The lowest BCUT2D eigenvalue weighted by atomic mass is 10.0. The minimum atomic E-state index is -1.69. The molecule has 0 aliphatic carbocycles. The molecule has 11 N–H and O–H groups in total. The monoisotopic (exact) mass is 502 g/mol. The van der Waals surface area contributed by atoms with Crippen LogP contribution in [0.4, 0.5) is 0 Å². The minimum absolute atomic E-state index is 0.0170. The van der Waals surface area contributed by atoms with Crippen LogP contribution in [0.25, 0.3) is 0 Å². The van der Waals surface area contributed by atoms with Gasteiger partial charge in [0.2, 0.25) is 23.6 Å². The average molecular weight is 503 g/mol. The summed E-state index contributed by atoms with van der Waals surface area (Å²) in [6.07, 6.45) is 0.380. The minimum Gasteiger partial charge on any atom is -0.481 e. The molecule has 0 saturated carbocycles. The van der Waals surface area contributed by atoms with Crippen molar-refractivity contribution in [2.24, 2.45) is 23.1 Å². The van der Waals surface area contributed by atoms with Crippen molar-refractivity contribution in [2.45, 2.75) is 83.0 Å². The number of carboxylic acid groups (broad SMARTS) is 2. The number of nitrogens with two attached hydrogens (primary N) is 3. The highest BCUT2D eigenvalue weighted by Gasteiger charge is 2.31. The van der Waals surface area contributed by atoms with Crippen LogP contribution in [0, 0.1) is 5.92 Å². The van der Waals surface area contributed by atoms with Crippen molar-refractivity contribution in [1.29, 1.82) is 0 Å². The topological polar surface area (TPSA) is 257 Å². The average Bonchev–Trinajstić information content (AvgIpc) is 2.74. The lowest BCUT2D eigenvalue weighted by Crippen LogP contribution is -2.57. The van der Waals surface area contributed by atoms with E-state index in [4.69, 9.17) is 22.3 Å². The Morgan fingerprint density at radius 1 is 0.800 bits per heavy atom. The molecule has 0 aromatic rings. The van der Waals surface area contributed by atoms with Crippen molar-refractivity contribution in [3.05, 3.63) is 0 Å². The number of hydrogen-bond acceptors (Lipinski definition) is 8. The first-order valence-corrected chi connectivity index (χ1v) is 11.4. The number of amides is 4. The Labute approximate surface area is 203 Å². The Hall–Kier alpha value is -3.26. The molecule has 0 heterocycles. The van der Waals surface area contributed by atoms with E-state index in [0.29, 0.717) is 19.4 Å². The predicted octanol–water partition coefficient (Wildman–Crippen LogP) is -2.23. The second-order valence-corrected chi connectivity index (χ2v) is 8.65. The van der Waals surface area contributed by atoms with Crippen LogP contribution in [-0.2, 0) is 28.8 Å². The van der Waals surface area contributed by atoms with Gasteiger partial charge in [-0.3, -0.25) is 24.0 Å². The molecule has 0 radical (unpaired) electrons. The molecular weight excluding hydrogens is 464 g/mol. The molecule has 200 valence electrons. The number of carboxylic acids is 2. The highest BCUT2D eigenvalue weighted by molar-refractivity contribution is 5.94. The zero-order valence-electron chi connectivity index (χ0n) is 20.1. The number of nitrogens with one attached hydrogen (secondary N) is 3. The summed E-state index contributed by atoms with van der Waals surface area (Å²) in [5.74, 6) is -5.94. The van der Waals surface area contributed by atoms with Gasteiger partial charge >= 0.3 is 11.9 Å². The maximum Gasteiger partial charge on any atom is 0.326 e. The van der Waals surface area contributed by atoms with Crippen molar-refractivity contribution < 1.29 is 39.0 Å². The highest BCUT2D eigenvalue weighted by Crippen LogP contribution is 2.09. The summed E-state index contributed by atoms with van der Waals surface area (Å²) in [4.78, 5) is 71.3. The van der Waals surface area contributed by atoms with Crippen molar-refractivity contribution in [1.82, 2.24) is 16.0 Å². The van der Waals surface area contributed by atoms with Gasteiger partial charge in [0.25, 0.3) is 0 Å². The Morgan fingerprint density at radius 2 is 1.34 bits per heavy atom. The van der Waals surface area contributed by atoms with Crippen LogP contribution in [0.1, 0.15) is 58.8 Å². The van der Waals surface area contributed by atoms with Gasteiger partial charge in [0.15, 0.2) is 0 Å². The van der Waals surface area contributed by atoms with Crippen LogP contribution in [0.3, 0.4) is 0 Å². The van der Waals surface area contributed by atoms with Crippen LogP contribution in [0.2, 0.25) is 0 Å². The van der Waals surface area contributed by atoms with E-state index in [1.807, 2.05) is 0 Å². The van der Waals surface area contributed by atoms with Gasteiger partial charge in [0.1, 0.15) is 18.1 Å².